The summed E-state index contributed by atoms with van der Waals surface area (Å²) in [5.41, 5.74) is -9.15. The fraction of sp³-hybridized carbons (Fsp3) is 0.409. The van der Waals surface area contributed by atoms with Gasteiger partial charge in [0.2, 0.25) is 11.5 Å². The summed E-state index contributed by atoms with van der Waals surface area (Å²) in [5, 5.41) is 14.9. The zero-order chi connectivity index (χ0) is 29.3. The van der Waals surface area contributed by atoms with Gasteiger partial charge in [-0.05, 0) is 53.9 Å². The zero-order valence-electron chi connectivity index (χ0n) is 19.6. The molecule has 2 aromatic carbocycles. The number of amides is 1. The summed E-state index contributed by atoms with van der Waals surface area (Å²) in [6, 6.07) is 3.02. The van der Waals surface area contributed by atoms with E-state index in [9.17, 15) is 57.8 Å². The van der Waals surface area contributed by atoms with Gasteiger partial charge in [0.15, 0.2) is 9.84 Å². The van der Waals surface area contributed by atoms with E-state index in [0.29, 0.717) is 11.1 Å². The van der Waals surface area contributed by atoms with E-state index in [1.54, 1.807) is 0 Å². The Balaban J connectivity index is 2.35. The molecule has 38 heavy (non-hydrogen) atoms. The van der Waals surface area contributed by atoms with Gasteiger partial charge < -0.3 is 15.7 Å². The van der Waals surface area contributed by atoms with Gasteiger partial charge in [-0.3, -0.25) is 4.79 Å². The van der Waals surface area contributed by atoms with E-state index in [2.05, 4.69) is 10.6 Å². The van der Waals surface area contributed by atoms with Crippen LogP contribution in [0.25, 0.3) is 0 Å². The molecule has 0 unspecified atom stereocenters. The highest BCUT2D eigenvalue weighted by molar-refractivity contribution is 7.91. The fourth-order valence-electron chi connectivity index (χ4n) is 3.28. The molecule has 16 heteroatoms. The lowest BCUT2D eigenvalue weighted by Gasteiger charge is -2.32. The van der Waals surface area contributed by atoms with Gasteiger partial charge in [-0.2, -0.15) is 39.5 Å². The third-order valence-electron chi connectivity index (χ3n) is 5.29. The molecule has 1 atom stereocenters. The van der Waals surface area contributed by atoms with Crippen LogP contribution in [0, 0.1) is 6.92 Å². The van der Waals surface area contributed by atoms with Crippen LogP contribution < -0.4 is 10.6 Å². The van der Waals surface area contributed by atoms with Gasteiger partial charge in [-0.1, -0.05) is 6.07 Å². The Labute approximate surface area is 210 Å². The second-order valence-corrected chi connectivity index (χ2v) is 10.6. The molecule has 212 valence electrons. The van der Waals surface area contributed by atoms with Gasteiger partial charge in [0, 0.05) is 18.5 Å². The Morgan fingerprint density at radius 3 is 1.79 bits per heavy atom. The van der Waals surface area contributed by atoms with Crippen LogP contribution in [0.4, 0.5) is 45.2 Å². The first-order valence-electron chi connectivity index (χ1n) is 10.4. The highest BCUT2D eigenvalue weighted by Crippen LogP contribution is 2.44. The summed E-state index contributed by atoms with van der Waals surface area (Å²) in [4.78, 5) is 11.6. The highest BCUT2D eigenvalue weighted by Gasteiger charge is 2.56. The number of anilines is 1. The number of rotatable bonds is 8. The van der Waals surface area contributed by atoms with E-state index >= 15 is 0 Å². The molecule has 1 amide bonds. The SMILES string of the molecule is Cc1cc(NC[C@](O)(c2cc(C(F)(F)F)cc(C(F)(F)F)c2)C(F)(F)F)ccc1CNC(=O)CS(C)(=O)=O. The summed E-state index contributed by atoms with van der Waals surface area (Å²) < 4.78 is 143. The summed E-state index contributed by atoms with van der Waals surface area (Å²) in [7, 11) is -3.59. The lowest BCUT2D eigenvalue weighted by Crippen LogP contribution is -2.48. The Hall–Kier alpha value is -3.01. The van der Waals surface area contributed by atoms with Crippen molar-refractivity contribution in [2.45, 2.75) is 37.6 Å². The zero-order valence-corrected chi connectivity index (χ0v) is 20.4. The number of sulfone groups is 1. The van der Waals surface area contributed by atoms with E-state index in [-0.39, 0.29) is 30.4 Å². The van der Waals surface area contributed by atoms with E-state index in [4.69, 9.17) is 0 Å². The second kappa shape index (κ2) is 10.6. The first kappa shape index (κ1) is 31.2. The van der Waals surface area contributed by atoms with Crippen molar-refractivity contribution in [3.05, 3.63) is 64.2 Å². The molecule has 2 rings (SSSR count). The summed E-state index contributed by atoms with van der Waals surface area (Å²) in [6.45, 7) is -0.210. The average molecular weight is 580 g/mol. The van der Waals surface area contributed by atoms with Gasteiger partial charge in [0.25, 0.3) is 0 Å². The number of alkyl halides is 9. The third kappa shape index (κ3) is 7.99. The van der Waals surface area contributed by atoms with E-state index in [1.807, 2.05) is 0 Å². The van der Waals surface area contributed by atoms with Crippen LogP contribution in [0.15, 0.2) is 36.4 Å². The first-order valence-corrected chi connectivity index (χ1v) is 12.5. The molecule has 0 saturated carbocycles. The van der Waals surface area contributed by atoms with Crippen LogP contribution in [-0.2, 0) is 39.1 Å². The third-order valence-corrected chi connectivity index (χ3v) is 6.08. The van der Waals surface area contributed by atoms with Crippen LogP contribution in [-0.4, -0.2) is 44.2 Å². The molecule has 0 fully saturated rings. The Morgan fingerprint density at radius 1 is 0.868 bits per heavy atom. The van der Waals surface area contributed by atoms with Crippen molar-refractivity contribution >= 4 is 21.4 Å². The number of nitrogens with one attached hydrogen (secondary N) is 2. The van der Waals surface area contributed by atoms with Gasteiger partial charge in [0.05, 0.1) is 17.7 Å². The van der Waals surface area contributed by atoms with Crippen LogP contribution in [0.2, 0.25) is 0 Å². The van der Waals surface area contributed by atoms with E-state index in [1.165, 1.54) is 25.1 Å². The predicted molar refractivity (Wildman–Crippen MR) is 118 cm³/mol. The molecule has 0 aliphatic rings. The minimum absolute atomic E-state index is 0.0839. The van der Waals surface area contributed by atoms with Crippen molar-refractivity contribution in [3.8, 4) is 0 Å². The first-order chi connectivity index (χ1) is 17.0. The van der Waals surface area contributed by atoms with Crippen molar-refractivity contribution in [2.75, 3.05) is 23.9 Å². The Morgan fingerprint density at radius 2 is 1.37 bits per heavy atom. The minimum Gasteiger partial charge on any atom is -0.381 e. The molecule has 2 aromatic rings. The number of carbonyl (C=O) groups excluding carboxylic acids is 1. The number of benzene rings is 2. The number of hydrogen-bond donors (Lipinski definition) is 3. The number of hydrogen-bond acceptors (Lipinski definition) is 5. The molecule has 0 bridgehead atoms. The molecule has 0 aromatic heterocycles. The Kier molecular flexibility index (Phi) is 8.73. The Bertz CT molecular complexity index is 1260. The normalized spacial score (nSPS) is 14.6. The van der Waals surface area contributed by atoms with Crippen LogP contribution in [0.3, 0.4) is 0 Å². The predicted octanol–water partition coefficient (Wildman–Crippen LogP) is 4.56. The molecule has 0 heterocycles. The summed E-state index contributed by atoms with van der Waals surface area (Å²) in [6.07, 6.45) is -15.7. The number of halogens is 9. The maximum Gasteiger partial charge on any atom is 0.423 e. The number of aryl methyl sites for hydroxylation is 1. The number of aliphatic hydroxyl groups is 1. The standard InChI is InChI=1S/C22H21F9N2O4S/c1-12-5-17(4-3-13(12)9-32-18(34)10-38(2,36)37)33-11-19(35,22(29,30)31)14-6-15(20(23,24)25)8-16(7-14)21(26,27)28/h3-8,33,35H,9-11H2,1-2H3,(H,32,34)/t19-/m0/s1. The van der Waals surface area contributed by atoms with Crippen LogP contribution in [0.1, 0.15) is 27.8 Å². The summed E-state index contributed by atoms with van der Waals surface area (Å²) >= 11 is 0. The smallest absolute Gasteiger partial charge is 0.381 e. The van der Waals surface area contributed by atoms with Crippen molar-refractivity contribution in [1.29, 1.82) is 0 Å². The maximum atomic E-state index is 13.9. The molecule has 0 radical (unpaired) electrons. The van der Waals surface area contributed by atoms with Gasteiger partial charge in [-0.15, -0.1) is 0 Å². The quantitative estimate of drug-likeness (QED) is 0.399. The van der Waals surface area contributed by atoms with Crippen LogP contribution in [0.5, 0.6) is 0 Å². The monoisotopic (exact) mass is 580 g/mol. The fourth-order valence-corrected chi connectivity index (χ4v) is 3.86. The number of carbonyl (C=O) groups is 1. The molecule has 0 aliphatic carbocycles. The molecule has 0 saturated heterocycles. The van der Waals surface area contributed by atoms with Crippen molar-refractivity contribution in [2.24, 2.45) is 0 Å². The molecule has 3 N–H and O–H groups in total. The van der Waals surface area contributed by atoms with Gasteiger partial charge >= 0.3 is 18.5 Å². The topological polar surface area (TPSA) is 95.5 Å². The van der Waals surface area contributed by atoms with Crippen molar-refractivity contribution < 1.29 is 57.8 Å². The van der Waals surface area contributed by atoms with Crippen molar-refractivity contribution in [1.82, 2.24) is 5.32 Å². The van der Waals surface area contributed by atoms with Crippen molar-refractivity contribution in [3.63, 3.8) is 0 Å². The molecule has 6 nitrogen and oxygen atoms in total. The molecular weight excluding hydrogens is 559 g/mol. The van der Waals surface area contributed by atoms with Gasteiger partial charge in [0.1, 0.15) is 5.75 Å². The lowest BCUT2D eigenvalue weighted by molar-refractivity contribution is -0.261. The highest BCUT2D eigenvalue weighted by atomic mass is 32.2. The largest absolute Gasteiger partial charge is 0.423 e. The van der Waals surface area contributed by atoms with E-state index < -0.39 is 68.9 Å². The van der Waals surface area contributed by atoms with E-state index in [0.717, 1.165) is 6.26 Å². The minimum atomic E-state index is -5.69. The lowest BCUT2D eigenvalue weighted by atomic mass is 9.89. The summed E-state index contributed by atoms with van der Waals surface area (Å²) in [5.74, 6) is -1.57. The van der Waals surface area contributed by atoms with Gasteiger partial charge in [-0.25, -0.2) is 8.42 Å². The molecule has 0 aliphatic heterocycles. The maximum absolute atomic E-state index is 13.9. The second-order valence-electron chi connectivity index (χ2n) is 8.49. The molecule has 0 spiro atoms. The van der Waals surface area contributed by atoms with Crippen LogP contribution >= 0.6 is 0 Å². The molecular formula is C22H21F9N2O4S. The average Bonchev–Trinajstić information content (AvgIpc) is 2.73.